The van der Waals surface area contributed by atoms with Gasteiger partial charge in [-0.05, 0) is 33.0 Å². The van der Waals surface area contributed by atoms with E-state index in [2.05, 4.69) is 46.0 Å². The maximum absolute atomic E-state index is 4.49. The molecule has 2 aromatic rings. The average molecular weight is 246 g/mol. The van der Waals surface area contributed by atoms with Crippen LogP contribution in [0.2, 0.25) is 0 Å². The summed E-state index contributed by atoms with van der Waals surface area (Å²) < 4.78 is 1.72. The van der Waals surface area contributed by atoms with Crippen LogP contribution in [0.4, 0.5) is 5.82 Å². The van der Waals surface area contributed by atoms with Gasteiger partial charge in [-0.15, -0.1) is 15.3 Å². The number of aromatic nitrogens is 4. The highest BCUT2D eigenvalue weighted by Crippen LogP contribution is 2.22. The summed E-state index contributed by atoms with van der Waals surface area (Å²) >= 11 is 0. The Bertz CT molecular complexity index is 542. The van der Waals surface area contributed by atoms with Gasteiger partial charge in [-0.2, -0.15) is 4.52 Å². The lowest BCUT2D eigenvalue weighted by molar-refractivity contribution is 0.165. The second-order valence-corrected chi connectivity index (χ2v) is 5.14. The number of anilines is 1. The third-order valence-electron chi connectivity index (χ3n) is 3.72. The summed E-state index contributed by atoms with van der Waals surface area (Å²) in [6.07, 6.45) is 1.64. The molecular weight excluding hydrogens is 228 g/mol. The fourth-order valence-corrected chi connectivity index (χ4v) is 2.21. The highest BCUT2D eigenvalue weighted by molar-refractivity contribution is 5.47. The summed E-state index contributed by atoms with van der Waals surface area (Å²) in [7, 11) is 2.18. The van der Waals surface area contributed by atoms with Crippen molar-refractivity contribution in [3.8, 4) is 0 Å². The molecular formula is C12H18N6. The molecule has 1 aliphatic rings. The zero-order valence-electron chi connectivity index (χ0n) is 11.0. The first-order valence-electron chi connectivity index (χ1n) is 6.29. The largest absolute Gasteiger partial charge is 0.352 e. The lowest BCUT2D eigenvalue weighted by atomic mass is 10.1. The molecule has 0 spiro atoms. The van der Waals surface area contributed by atoms with Crippen molar-refractivity contribution in [2.45, 2.75) is 25.9 Å². The van der Waals surface area contributed by atoms with Gasteiger partial charge < -0.3 is 4.90 Å². The van der Waals surface area contributed by atoms with Crippen LogP contribution in [0.1, 0.15) is 13.8 Å². The number of rotatable bonds is 3. The summed E-state index contributed by atoms with van der Waals surface area (Å²) in [5, 5.41) is 12.3. The SMILES string of the molecule is CC(C)N(C)C1CN(c2ccc3nncn3n2)C1. The Hall–Kier alpha value is -1.69. The Morgan fingerprint density at radius 3 is 2.83 bits per heavy atom. The van der Waals surface area contributed by atoms with E-state index in [1.54, 1.807) is 10.8 Å². The third kappa shape index (κ3) is 1.82. The van der Waals surface area contributed by atoms with Gasteiger partial charge in [-0.3, -0.25) is 4.90 Å². The quantitative estimate of drug-likeness (QED) is 0.796. The molecule has 3 rings (SSSR count). The average Bonchev–Trinajstić information content (AvgIpc) is 2.73. The van der Waals surface area contributed by atoms with Crippen LogP contribution in [-0.2, 0) is 0 Å². The Morgan fingerprint density at radius 2 is 2.11 bits per heavy atom. The molecule has 96 valence electrons. The molecule has 6 nitrogen and oxygen atoms in total. The smallest absolute Gasteiger partial charge is 0.177 e. The number of hydrogen-bond donors (Lipinski definition) is 0. The van der Waals surface area contributed by atoms with Gasteiger partial charge in [0.2, 0.25) is 0 Å². The van der Waals surface area contributed by atoms with Crippen molar-refractivity contribution in [2.75, 3.05) is 25.0 Å². The van der Waals surface area contributed by atoms with Crippen LogP contribution in [0.15, 0.2) is 18.5 Å². The highest BCUT2D eigenvalue weighted by Gasteiger charge is 2.31. The topological polar surface area (TPSA) is 49.6 Å². The van der Waals surface area contributed by atoms with E-state index in [9.17, 15) is 0 Å². The molecule has 0 N–H and O–H groups in total. The first-order valence-corrected chi connectivity index (χ1v) is 6.29. The van der Waals surface area contributed by atoms with Crippen molar-refractivity contribution in [2.24, 2.45) is 0 Å². The summed E-state index contributed by atoms with van der Waals surface area (Å²) in [5.74, 6) is 0.996. The monoisotopic (exact) mass is 246 g/mol. The molecule has 2 aromatic heterocycles. The summed E-state index contributed by atoms with van der Waals surface area (Å²) in [6, 6.07) is 5.18. The number of nitrogens with zero attached hydrogens (tertiary/aromatic N) is 6. The molecule has 18 heavy (non-hydrogen) atoms. The summed E-state index contributed by atoms with van der Waals surface area (Å²) in [6.45, 7) is 6.53. The molecule has 0 radical (unpaired) electrons. The van der Waals surface area contributed by atoms with Gasteiger partial charge in [0, 0.05) is 25.2 Å². The molecule has 0 atom stereocenters. The third-order valence-corrected chi connectivity index (χ3v) is 3.72. The summed E-state index contributed by atoms with van der Waals surface area (Å²) in [4.78, 5) is 4.69. The Balaban J connectivity index is 1.70. The lowest BCUT2D eigenvalue weighted by Gasteiger charge is -2.46. The molecule has 0 aliphatic carbocycles. The zero-order valence-corrected chi connectivity index (χ0v) is 11.0. The van der Waals surface area contributed by atoms with Crippen LogP contribution in [0, 0.1) is 0 Å². The van der Waals surface area contributed by atoms with E-state index in [1.807, 2.05) is 12.1 Å². The lowest BCUT2D eigenvalue weighted by Crippen LogP contribution is -2.60. The summed E-state index contributed by atoms with van der Waals surface area (Å²) in [5.41, 5.74) is 0.787. The van der Waals surface area contributed by atoms with E-state index in [-0.39, 0.29) is 0 Å². The van der Waals surface area contributed by atoms with Crippen LogP contribution in [-0.4, -0.2) is 56.9 Å². The van der Waals surface area contributed by atoms with Crippen LogP contribution in [0.3, 0.4) is 0 Å². The van der Waals surface area contributed by atoms with Gasteiger partial charge in [0.15, 0.2) is 5.65 Å². The molecule has 1 aliphatic heterocycles. The molecule has 3 heterocycles. The molecule has 0 unspecified atom stereocenters. The predicted octanol–water partition coefficient (Wildman–Crippen LogP) is 0.653. The zero-order chi connectivity index (χ0) is 12.7. The highest BCUT2D eigenvalue weighted by atomic mass is 15.4. The van der Waals surface area contributed by atoms with E-state index in [1.165, 1.54) is 0 Å². The second kappa shape index (κ2) is 4.20. The maximum atomic E-state index is 4.49. The Morgan fingerprint density at radius 1 is 1.33 bits per heavy atom. The fourth-order valence-electron chi connectivity index (χ4n) is 2.21. The van der Waals surface area contributed by atoms with Crippen LogP contribution in [0.25, 0.3) is 5.65 Å². The van der Waals surface area contributed by atoms with Gasteiger partial charge in [0.25, 0.3) is 0 Å². The predicted molar refractivity (Wildman–Crippen MR) is 69.7 cm³/mol. The second-order valence-electron chi connectivity index (χ2n) is 5.14. The molecule has 1 fully saturated rings. The van der Waals surface area contributed by atoms with Crippen molar-refractivity contribution in [1.82, 2.24) is 24.7 Å². The normalized spacial score (nSPS) is 16.8. The van der Waals surface area contributed by atoms with E-state index in [0.29, 0.717) is 12.1 Å². The van der Waals surface area contributed by atoms with Gasteiger partial charge in [-0.1, -0.05) is 0 Å². The van der Waals surface area contributed by atoms with Gasteiger partial charge in [-0.25, -0.2) is 0 Å². The van der Waals surface area contributed by atoms with E-state index in [4.69, 9.17) is 0 Å². The van der Waals surface area contributed by atoms with Gasteiger partial charge >= 0.3 is 0 Å². The molecule has 6 heteroatoms. The molecule has 0 aromatic carbocycles. The fraction of sp³-hybridized carbons (Fsp3) is 0.583. The molecule has 0 amide bonds. The van der Waals surface area contributed by atoms with Crippen molar-refractivity contribution in [3.05, 3.63) is 18.5 Å². The van der Waals surface area contributed by atoms with Crippen LogP contribution >= 0.6 is 0 Å². The first kappa shape index (κ1) is 11.4. The van der Waals surface area contributed by atoms with Crippen LogP contribution in [0.5, 0.6) is 0 Å². The van der Waals surface area contributed by atoms with Crippen molar-refractivity contribution >= 4 is 11.5 Å². The van der Waals surface area contributed by atoms with Crippen molar-refractivity contribution in [1.29, 1.82) is 0 Å². The van der Waals surface area contributed by atoms with E-state index >= 15 is 0 Å². The number of likely N-dealkylation sites (N-methyl/N-ethyl adjacent to an activating group) is 1. The molecule has 1 saturated heterocycles. The number of fused-ring (bicyclic) bond motifs is 1. The molecule has 0 saturated carbocycles. The van der Waals surface area contributed by atoms with E-state index < -0.39 is 0 Å². The maximum Gasteiger partial charge on any atom is 0.177 e. The Kier molecular flexibility index (Phi) is 2.66. The van der Waals surface area contributed by atoms with Crippen molar-refractivity contribution in [3.63, 3.8) is 0 Å². The Labute approximate surface area is 106 Å². The minimum Gasteiger partial charge on any atom is -0.352 e. The van der Waals surface area contributed by atoms with E-state index in [0.717, 1.165) is 24.6 Å². The number of hydrogen-bond acceptors (Lipinski definition) is 5. The van der Waals surface area contributed by atoms with Crippen molar-refractivity contribution < 1.29 is 0 Å². The first-order chi connectivity index (χ1) is 8.65. The van der Waals surface area contributed by atoms with Gasteiger partial charge in [0.1, 0.15) is 12.1 Å². The molecule has 0 bridgehead atoms. The minimum atomic E-state index is 0.588. The standard InChI is InChI=1S/C12H18N6/c1-9(2)16(3)10-6-17(7-10)12-5-4-11-14-13-8-18(11)15-12/h4-5,8-10H,6-7H2,1-3H3. The van der Waals surface area contributed by atoms with Crippen LogP contribution < -0.4 is 4.90 Å². The minimum absolute atomic E-state index is 0.588. The van der Waals surface area contributed by atoms with Gasteiger partial charge in [0.05, 0.1) is 0 Å².